The molecule has 0 unspecified atom stereocenters. The number of hydrogen-bond donors (Lipinski definition) is 0. The maximum absolute atomic E-state index is 13.9. The van der Waals surface area contributed by atoms with E-state index >= 15 is 0 Å². The molecule has 1 fully saturated rings. The summed E-state index contributed by atoms with van der Waals surface area (Å²) in [6.45, 7) is -0.424. The molecule has 4 aromatic carbocycles. The number of piperazine rings is 1. The summed E-state index contributed by atoms with van der Waals surface area (Å²) in [6.07, 6.45) is 1.65. The second-order valence-corrected chi connectivity index (χ2v) is 9.03. The maximum atomic E-state index is 13.9. The van der Waals surface area contributed by atoms with Crippen molar-refractivity contribution in [1.29, 1.82) is 0 Å². The molecule has 1 amide bonds. The molecule has 0 saturated carbocycles. The third-order valence-electron chi connectivity index (χ3n) is 6.66. The summed E-state index contributed by atoms with van der Waals surface area (Å²) in [5.41, 5.74) is 4.80. The van der Waals surface area contributed by atoms with E-state index in [4.69, 9.17) is 4.74 Å². The summed E-state index contributed by atoms with van der Waals surface area (Å²) >= 11 is 0. The summed E-state index contributed by atoms with van der Waals surface area (Å²) < 4.78 is 30.9. The molecular formula is C32H28F2N2O2. The zero-order chi connectivity index (χ0) is 26.3. The Bertz CT molecular complexity index is 1380. The van der Waals surface area contributed by atoms with Gasteiger partial charge in [-0.05, 0) is 41.0 Å². The zero-order valence-electron chi connectivity index (χ0n) is 20.8. The van der Waals surface area contributed by atoms with Gasteiger partial charge in [0.2, 0.25) is 0 Å². The first kappa shape index (κ1) is 25.2. The summed E-state index contributed by atoms with van der Waals surface area (Å²) in [6, 6.07) is 34.4. The van der Waals surface area contributed by atoms with Crippen molar-refractivity contribution in [3.8, 4) is 16.9 Å². The van der Waals surface area contributed by atoms with E-state index in [2.05, 4.69) is 17.0 Å². The molecule has 1 heterocycles. The highest BCUT2D eigenvalue weighted by Gasteiger charge is 2.25. The van der Waals surface area contributed by atoms with Crippen LogP contribution >= 0.6 is 0 Å². The van der Waals surface area contributed by atoms with E-state index in [0.717, 1.165) is 16.8 Å². The Morgan fingerprint density at radius 2 is 1.29 bits per heavy atom. The third-order valence-corrected chi connectivity index (χ3v) is 6.66. The minimum Gasteiger partial charge on any atom is -0.434 e. The molecule has 38 heavy (non-hydrogen) atoms. The number of ether oxygens (including phenoxy) is 1. The van der Waals surface area contributed by atoms with Gasteiger partial charge in [0.1, 0.15) is 5.75 Å². The van der Waals surface area contributed by atoms with E-state index in [9.17, 15) is 13.6 Å². The average Bonchev–Trinajstić information content (AvgIpc) is 2.97. The monoisotopic (exact) mass is 510 g/mol. The first-order valence-corrected chi connectivity index (χ1v) is 12.6. The number of amides is 1. The van der Waals surface area contributed by atoms with Crippen molar-refractivity contribution in [3.05, 3.63) is 120 Å². The Balaban J connectivity index is 1.45. The number of carbonyl (C=O) groups excluding carboxylic acids is 1. The topological polar surface area (TPSA) is 32.8 Å². The second-order valence-electron chi connectivity index (χ2n) is 9.03. The fourth-order valence-corrected chi connectivity index (χ4v) is 4.68. The zero-order valence-corrected chi connectivity index (χ0v) is 20.8. The second kappa shape index (κ2) is 11.7. The predicted octanol–water partition coefficient (Wildman–Crippen LogP) is 6.84. The highest BCUT2D eigenvalue weighted by atomic mass is 19.3. The first-order valence-electron chi connectivity index (χ1n) is 12.6. The molecule has 0 bridgehead atoms. The molecule has 192 valence electrons. The van der Waals surface area contributed by atoms with Gasteiger partial charge in [0.25, 0.3) is 5.91 Å². The minimum atomic E-state index is -2.96. The van der Waals surface area contributed by atoms with Gasteiger partial charge < -0.3 is 14.5 Å². The number of halogens is 2. The Kier molecular flexibility index (Phi) is 7.78. The Hall–Kier alpha value is -4.45. The van der Waals surface area contributed by atoms with Gasteiger partial charge in [-0.15, -0.1) is 0 Å². The van der Waals surface area contributed by atoms with Gasteiger partial charge in [-0.1, -0.05) is 91.0 Å². The molecule has 4 nitrogen and oxygen atoms in total. The molecule has 1 saturated heterocycles. The lowest BCUT2D eigenvalue weighted by atomic mass is 9.97. The average molecular weight is 511 g/mol. The van der Waals surface area contributed by atoms with Crippen molar-refractivity contribution in [2.24, 2.45) is 0 Å². The van der Waals surface area contributed by atoms with E-state index in [1.807, 2.05) is 77.7 Å². The van der Waals surface area contributed by atoms with Crippen LogP contribution in [0, 0.1) is 0 Å². The van der Waals surface area contributed by atoms with Gasteiger partial charge in [-0.3, -0.25) is 4.79 Å². The normalized spacial score (nSPS) is 14.0. The molecule has 0 aliphatic carbocycles. The first-order chi connectivity index (χ1) is 18.6. The van der Waals surface area contributed by atoms with Gasteiger partial charge in [-0.2, -0.15) is 8.78 Å². The molecule has 0 spiro atoms. The van der Waals surface area contributed by atoms with Crippen LogP contribution in [0.25, 0.3) is 22.8 Å². The number of carbonyl (C=O) groups is 1. The van der Waals surface area contributed by atoms with E-state index in [0.29, 0.717) is 42.9 Å². The number of anilines is 1. The number of alkyl halides is 2. The SMILES string of the molecule is O=C(C(=Cc1ccccc1OC(F)F)c1ccc(-c2ccccc2)cc1)N1CCN(c2ccccc2)CC1. The van der Waals surface area contributed by atoms with Crippen LogP contribution in [0.3, 0.4) is 0 Å². The number of nitrogens with zero attached hydrogens (tertiary/aromatic N) is 2. The lowest BCUT2D eigenvalue weighted by Crippen LogP contribution is -2.49. The molecule has 0 N–H and O–H groups in total. The van der Waals surface area contributed by atoms with Crippen LogP contribution in [0.1, 0.15) is 11.1 Å². The maximum Gasteiger partial charge on any atom is 0.387 e. The fourth-order valence-electron chi connectivity index (χ4n) is 4.68. The summed E-state index contributed by atoms with van der Waals surface area (Å²) in [5, 5.41) is 0. The van der Waals surface area contributed by atoms with Gasteiger partial charge in [0, 0.05) is 43.0 Å². The minimum absolute atomic E-state index is 0.0302. The third kappa shape index (κ3) is 5.92. The number of rotatable bonds is 7. The number of benzene rings is 4. The molecule has 0 atom stereocenters. The van der Waals surface area contributed by atoms with Crippen LogP contribution in [-0.2, 0) is 4.79 Å². The van der Waals surface area contributed by atoms with Crippen molar-refractivity contribution >= 4 is 23.2 Å². The van der Waals surface area contributed by atoms with Crippen molar-refractivity contribution in [2.75, 3.05) is 31.1 Å². The molecular weight excluding hydrogens is 482 g/mol. The molecule has 0 radical (unpaired) electrons. The van der Waals surface area contributed by atoms with Crippen LogP contribution < -0.4 is 9.64 Å². The predicted molar refractivity (Wildman–Crippen MR) is 148 cm³/mol. The van der Waals surface area contributed by atoms with E-state index in [1.165, 1.54) is 6.07 Å². The van der Waals surface area contributed by atoms with Crippen LogP contribution in [0.5, 0.6) is 5.75 Å². The molecule has 4 aromatic rings. The lowest BCUT2D eigenvalue weighted by Gasteiger charge is -2.36. The van der Waals surface area contributed by atoms with Crippen molar-refractivity contribution in [3.63, 3.8) is 0 Å². The van der Waals surface area contributed by atoms with Crippen molar-refractivity contribution in [2.45, 2.75) is 6.61 Å². The number of para-hydroxylation sites is 2. The standard InChI is InChI=1S/C32H28F2N2O2/c33-32(34)38-30-14-8-7-11-27(30)23-29(26-17-15-25(16-18-26)24-9-3-1-4-10-24)31(37)36-21-19-35(20-22-36)28-12-5-2-6-13-28/h1-18,23,32H,19-22H2. The largest absolute Gasteiger partial charge is 0.434 e. The van der Waals surface area contributed by atoms with Gasteiger partial charge in [0.15, 0.2) is 0 Å². The molecule has 0 aromatic heterocycles. The fraction of sp³-hybridized carbons (Fsp3) is 0.156. The Morgan fingerprint density at radius 3 is 1.95 bits per heavy atom. The van der Waals surface area contributed by atoms with Gasteiger partial charge in [0.05, 0.1) is 0 Å². The lowest BCUT2D eigenvalue weighted by molar-refractivity contribution is -0.125. The quantitative estimate of drug-likeness (QED) is 0.202. The Morgan fingerprint density at radius 1 is 0.711 bits per heavy atom. The smallest absolute Gasteiger partial charge is 0.387 e. The van der Waals surface area contributed by atoms with Crippen molar-refractivity contribution < 1.29 is 18.3 Å². The van der Waals surface area contributed by atoms with Crippen LogP contribution in [0.4, 0.5) is 14.5 Å². The molecule has 1 aliphatic heterocycles. The van der Waals surface area contributed by atoms with E-state index in [-0.39, 0.29) is 11.7 Å². The van der Waals surface area contributed by atoms with Crippen LogP contribution in [0.15, 0.2) is 109 Å². The van der Waals surface area contributed by atoms with E-state index in [1.54, 1.807) is 24.3 Å². The van der Waals surface area contributed by atoms with E-state index < -0.39 is 6.61 Å². The molecule has 6 heteroatoms. The summed E-state index contributed by atoms with van der Waals surface area (Å²) in [7, 11) is 0. The van der Waals surface area contributed by atoms with Crippen LogP contribution in [0.2, 0.25) is 0 Å². The molecule has 5 rings (SSSR count). The van der Waals surface area contributed by atoms with Crippen LogP contribution in [-0.4, -0.2) is 43.6 Å². The Labute approximate surface area is 221 Å². The molecule has 1 aliphatic rings. The highest BCUT2D eigenvalue weighted by Crippen LogP contribution is 2.29. The van der Waals surface area contributed by atoms with Gasteiger partial charge >= 0.3 is 6.61 Å². The number of hydrogen-bond acceptors (Lipinski definition) is 3. The summed E-state index contributed by atoms with van der Waals surface area (Å²) in [5.74, 6) is -0.111. The highest BCUT2D eigenvalue weighted by molar-refractivity contribution is 6.24. The summed E-state index contributed by atoms with van der Waals surface area (Å²) in [4.78, 5) is 18.0. The van der Waals surface area contributed by atoms with Crippen molar-refractivity contribution in [1.82, 2.24) is 4.90 Å². The van der Waals surface area contributed by atoms with Gasteiger partial charge in [-0.25, -0.2) is 0 Å².